The van der Waals surface area contributed by atoms with Crippen LogP contribution in [0.4, 0.5) is 0 Å². The minimum Gasteiger partial charge on any atom is -0.446 e. The van der Waals surface area contributed by atoms with Crippen molar-refractivity contribution >= 4 is 23.7 Å². The molecule has 3 rings (SSSR count). The molecule has 94 valence electrons. The molecule has 0 N–H and O–H groups in total. The van der Waals surface area contributed by atoms with Crippen LogP contribution < -0.4 is 0 Å². The lowest BCUT2D eigenvalue weighted by atomic mass is 10.1. The summed E-state index contributed by atoms with van der Waals surface area (Å²) in [6.45, 7) is 1.80. The first-order chi connectivity index (χ1) is 8.84. The molecule has 0 bridgehead atoms. The fraction of sp³-hybridized carbons (Fsp3) is 0.385. The van der Waals surface area contributed by atoms with Crippen molar-refractivity contribution in [2.45, 2.75) is 6.10 Å². The third-order valence-electron chi connectivity index (χ3n) is 3.04. The highest BCUT2D eigenvalue weighted by Crippen LogP contribution is 2.26. The maximum absolute atomic E-state index is 11.9. The van der Waals surface area contributed by atoms with E-state index in [0.717, 1.165) is 30.2 Å². The number of carbonyl (C=O) groups is 1. The first-order valence-electron chi connectivity index (χ1n) is 6.01. The molecule has 1 atom stereocenters. The second kappa shape index (κ2) is 5.02. The minimum atomic E-state index is -0.559. The Labute approximate surface area is 110 Å². The number of amides is 1. The summed E-state index contributed by atoms with van der Waals surface area (Å²) < 4.78 is 5.72. The SMILES string of the molecule is O=C1N=C(N2CCSCC2)O[C@@H]1c1ccccc1. The summed E-state index contributed by atoms with van der Waals surface area (Å²) in [5, 5.41) is 0. The van der Waals surface area contributed by atoms with Gasteiger partial charge in [-0.1, -0.05) is 30.3 Å². The maximum atomic E-state index is 11.9. The van der Waals surface area contributed by atoms with Gasteiger partial charge in [-0.3, -0.25) is 4.79 Å². The van der Waals surface area contributed by atoms with Gasteiger partial charge in [0.1, 0.15) is 0 Å². The summed E-state index contributed by atoms with van der Waals surface area (Å²) in [4.78, 5) is 18.0. The molecule has 2 heterocycles. The molecular formula is C13H14N2O2S. The van der Waals surface area contributed by atoms with E-state index in [2.05, 4.69) is 9.89 Å². The molecule has 0 spiro atoms. The lowest BCUT2D eigenvalue weighted by Gasteiger charge is -2.27. The van der Waals surface area contributed by atoms with E-state index in [0.29, 0.717) is 6.02 Å². The molecule has 2 aliphatic rings. The smallest absolute Gasteiger partial charge is 0.296 e. The van der Waals surface area contributed by atoms with Gasteiger partial charge in [0.15, 0.2) is 0 Å². The van der Waals surface area contributed by atoms with Gasteiger partial charge in [0.05, 0.1) is 0 Å². The second-order valence-corrected chi connectivity index (χ2v) is 5.47. The van der Waals surface area contributed by atoms with Crippen LogP contribution in [-0.2, 0) is 9.53 Å². The fourth-order valence-corrected chi connectivity index (χ4v) is 2.98. The molecule has 0 unspecified atom stereocenters. The first kappa shape index (κ1) is 11.6. The molecule has 1 aromatic carbocycles. The van der Waals surface area contributed by atoms with Crippen molar-refractivity contribution in [2.75, 3.05) is 24.6 Å². The molecule has 1 fully saturated rings. The predicted octanol–water partition coefficient (Wildman–Crippen LogP) is 1.69. The van der Waals surface area contributed by atoms with Crippen molar-refractivity contribution in [1.29, 1.82) is 0 Å². The van der Waals surface area contributed by atoms with Crippen LogP contribution in [0.1, 0.15) is 11.7 Å². The van der Waals surface area contributed by atoms with Crippen molar-refractivity contribution < 1.29 is 9.53 Å². The number of aliphatic imine (C=N–C) groups is 1. The number of nitrogens with zero attached hydrogens (tertiary/aromatic N) is 2. The van der Waals surface area contributed by atoms with E-state index in [1.165, 1.54) is 0 Å². The Balaban J connectivity index is 1.74. The van der Waals surface area contributed by atoms with Crippen LogP contribution in [0.25, 0.3) is 0 Å². The zero-order valence-electron chi connectivity index (χ0n) is 9.91. The van der Waals surface area contributed by atoms with E-state index in [9.17, 15) is 4.79 Å². The van der Waals surface area contributed by atoms with Crippen molar-refractivity contribution in [1.82, 2.24) is 4.90 Å². The summed E-state index contributed by atoms with van der Waals surface area (Å²) in [6, 6.07) is 10.0. The number of hydrogen-bond donors (Lipinski definition) is 0. The van der Waals surface area contributed by atoms with E-state index in [4.69, 9.17) is 4.74 Å². The molecule has 5 heteroatoms. The number of carbonyl (C=O) groups excluding carboxylic acids is 1. The van der Waals surface area contributed by atoms with Gasteiger partial charge in [-0.15, -0.1) is 0 Å². The van der Waals surface area contributed by atoms with E-state index in [-0.39, 0.29) is 5.91 Å². The van der Waals surface area contributed by atoms with Gasteiger partial charge in [0, 0.05) is 30.2 Å². The lowest BCUT2D eigenvalue weighted by Crippen LogP contribution is -2.38. The topological polar surface area (TPSA) is 41.9 Å². The highest BCUT2D eigenvalue weighted by molar-refractivity contribution is 7.99. The van der Waals surface area contributed by atoms with Gasteiger partial charge in [0.2, 0.25) is 6.10 Å². The molecule has 1 amide bonds. The number of hydrogen-bond acceptors (Lipinski definition) is 4. The van der Waals surface area contributed by atoms with Gasteiger partial charge in [-0.05, 0) is 0 Å². The highest BCUT2D eigenvalue weighted by Gasteiger charge is 2.33. The molecule has 18 heavy (non-hydrogen) atoms. The number of ether oxygens (including phenoxy) is 1. The molecule has 0 radical (unpaired) electrons. The summed E-state index contributed by atoms with van der Waals surface area (Å²) in [6.07, 6.45) is -0.559. The summed E-state index contributed by atoms with van der Waals surface area (Å²) >= 11 is 1.92. The monoisotopic (exact) mass is 262 g/mol. The fourth-order valence-electron chi connectivity index (χ4n) is 2.07. The largest absolute Gasteiger partial charge is 0.446 e. The van der Waals surface area contributed by atoms with Gasteiger partial charge < -0.3 is 9.64 Å². The molecular weight excluding hydrogens is 248 g/mol. The van der Waals surface area contributed by atoms with Crippen molar-refractivity contribution in [3.05, 3.63) is 35.9 Å². The zero-order valence-corrected chi connectivity index (χ0v) is 10.7. The number of amidine groups is 1. The van der Waals surface area contributed by atoms with E-state index >= 15 is 0 Å². The maximum Gasteiger partial charge on any atom is 0.296 e. The molecule has 4 nitrogen and oxygen atoms in total. The second-order valence-electron chi connectivity index (χ2n) is 4.24. The third kappa shape index (κ3) is 2.22. The molecule has 0 saturated carbocycles. The van der Waals surface area contributed by atoms with Crippen LogP contribution in [0.3, 0.4) is 0 Å². The average Bonchev–Trinajstić information content (AvgIpc) is 2.83. The number of benzene rings is 1. The predicted molar refractivity (Wildman–Crippen MR) is 71.6 cm³/mol. The van der Waals surface area contributed by atoms with E-state index in [1.807, 2.05) is 42.1 Å². The van der Waals surface area contributed by atoms with Gasteiger partial charge in [0.25, 0.3) is 11.9 Å². The van der Waals surface area contributed by atoms with E-state index < -0.39 is 6.10 Å². The van der Waals surface area contributed by atoms with Gasteiger partial charge in [-0.25, -0.2) is 0 Å². The normalized spacial score (nSPS) is 23.8. The minimum absolute atomic E-state index is 0.200. The number of thioether (sulfide) groups is 1. The third-order valence-corrected chi connectivity index (χ3v) is 3.98. The Kier molecular flexibility index (Phi) is 3.23. The standard InChI is InChI=1S/C13H14N2O2S/c16-12-11(10-4-2-1-3-5-10)17-13(14-12)15-6-8-18-9-7-15/h1-5,11H,6-9H2/t11-/m1/s1. The lowest BCUT2D eigenvalue weighted by molar-refractivity contribution is -0.122. The Morgan fingerprint density at radius 1 is 1.22 bits per heavy atom. The van der Waals surface area contributed by atoms with E-state index in [1.54, 1.807) is 0 Å². The zero-order chi connectivity index (χ0) is 12.4. The highest BCUT2D eigenvalue weighted by atomic mass is 32.2. The first-order valence-corrected chi connectivity index (χ1v) is 7.17. The average molecular weight is 262 g/mol. The Bertz CT molecular complexity index is 469. The molecule has 1 aromatic rings. The van der Waals surface area contributed by atoms with Crippen LogP contribution in [0, 0.1) is 0 Å². The number of rotatable bonds is 1. The van der Waals surface area contributed by atoms with Gasteiger partial charge in [-0.2, -0.15) is 16.8 Å². The van der Waals surface area contributed by atoms with Gasteiger partial charge >= 0.3 is 0 Å². The Morgan fingerprint density at radius 3 is 2.67 bits per heavy atom. The molecule has 0 aliphatic carbocycles. The van der Waals surface area contributed by atoms with Crippen LogP contribution >= 0.6 is 11.8 Å². The van der Waals surface area contributed by atoms with Crippen molar-refractivity contribution in [2.24, 2.45) is 4.99 Å². The van der Waals surface area contributed by atoms with Crippen LogP contribution in [0.5, 0.6) is 0 Å². The van der Waals surface area contributed by atoms with Crippen LogP contribution in [0.15, 0.2) is 35.3 Å². The molecule has 2 aliphatic heterocycles. The summed E-state index contributed by atoms with van der Waals surface area (Å²) in [5.41, 5.74) is 0.868. The molecule has 0 aromatic heterocycles. The quantitative estimate of drug-likeness (QED) is 0.772. The van der Waals surface area contributed by atoms with Crippen molar-refractivity contribution in [3.8, 4) is 0 Å². The summed E-state index contributed by atoms with van der Waals surface area (Å²) in [7, 11) is 0. The Hall–Kier alpha value is -1.49. The summed E-state index contributed by atoms with van der Waals surface area (Å²) in [5.74, 6) is 1.92. The van der Waals surface area contributed by atoms with Crippen molar-refractivity contribution in [3.63, 3.8) is 0 Å². The van der Waals surface area contributed by atoms with Crippen LogP contribution in [0.2, 0.25) is 0 Å². The molecule has 1 saturated heterocycles. The van der Waals surface area contributed by atoms with Crippen LogP contribution in [-0.4, -0.2) is 41.4 Å². The Morgan fingerprint density at radius 2 is 1.94 bits per heavy atom.